The molecule has 1 saturated carbocycles. The molecule has 0 amide bonds. The highest BCUT2D eigenvalue weighted by atomic mass is 35.5. The molecule has 1 aliphatic heterocycles. The van der Waals surface area contributed by atoms with Crippen molar-refractivity contribution in [2.45, 2.75) is 36.5 Å². The van der Waals surface area contributed by atoms with Crippen LogP contribution in [0.15, 0.2) is 33.9 Å². The predicted molar refractivity (Wildman–Crippen MR) is 79.2 cm³/mol. The van der Waals surface area contributed by atoms with E-state index >= 15 is 0 Å². The molecule has 0 saturated heterocycles. The number of rotatable bonds is 4. The standard InChI is InChI=1S/C14H15ClN2O2S/c1-8(9-2-6-11(15)7-3-9)14(10-4-5-10)12(13(18)19)20-17-16-14/h2-3,6-8,10,12H,4-5H2,1H3,(H,18,19). The summed E-state index contributed by atoms with van der Waals surface area (Å²) in [7, 11) is 0. The quantitative estimate of drug-likeness (QED) is 0.849. The summed E-state index contributed by atoms with van der Waals surface area (Å²) in [5.41, 5.74) is 0.443. The van der Waals surface area contributed by atoms with E-state index in [2.05, 4.69) is 9.63 Å². The second kappa shape index (κ2) is 5.04. The zero-order valence-electron chi connectivity index (χ0n) is 11.0. The Kier molecular flexibility index (Phi) is 3.50. The summed E-state index contributed by atoms with van der Waals surface area (Å²) in [6, 6.07) is 7.58. The zero-order chi connectivity index (χ0) is 14.3. The average molecular weight is 311 g/mol. The highest BCUT2D eigenvalue weighted by Crippen LogP contribution is 2.57. The molecule has 1 N–H and O–H groups in total. The third-order valence-electron chi connectivity index (χ3n) is 4.31. The van der Waals surface area contributed by atoms with Crippen molar-refractivity contribution < 1.29 is 9.90 Å². The molecule has 6 heteroatoms. The zero-order valence-corrected chi connectivity index (χ0v) is 12.6. The molecular weight excluding hydrogens is 296 g/mol. The Morgan fingerprint density at radius 2 is 2.10 bits per heavy atom. The van der Waals surface area contributed by atoms with Crippen molar-refractivity contribution in [3.63, 3.8) is 0 Å². The Hall–Kier alpha value is -1.07. The van der Waals surface area contributed by atoms with Crippen LogP contribution in [0.3, 0.4) is 0 Å². The summed E-state index contributed by atoms with van der Waals surface area (Å²) in [5, 5.41) is 14.0. The molecule has 106 valence electrons. The third kappa shape index (κ3) is 2.13. The maximum Gasteiger partial charge on any atom is 0.321 e. The van der Waals surface area contributed by atoms with Crippen molar-refractivity contribution >= 4 is 29.5 Å². The Morgan fingerprint density at radius 1 is 1.45 bits per heavy atom. The lowest BCUT2D eigenvalue weighted by Crippen LogP contribution is -2.47. The van der Waals surface area contributed by atoms with Gasteiger partial charge in [-0.25, -0.2) is 0 Å². The molecule has 3 atom stereocenters. The molecule has 2 aliphatic rings. The number of carbonyl (C=O) groups is 1. The number of carboxylic acid groups (broad SMARTS) is 1. The Balaban J connectivity index is 2.00. The molecule has 1 aromatic carbocycles. The SMILES string of the molecule is CC(c1ccc(Cl)cc1)C1(C2CC2)N=NSC1C(=O)O. The number of aliphatic carboxylic acids is 1. The normalized spacial score (nSPS) is 30.4. The summed E-state index contributed by atoms with van der Waals surface area (Å²) < 4.78 is 4.00. The first-order chi connectivity index (χ1) is 9.55. The summed E-state index contributed by atoms with van der Waals surface area (Å²) >= 11 is 7.01. The van der Waals surface area contributed by atoms with Crippen LogP contribution in [0, 0.1) is 5.92 Å². The van der Waals surface area contributed by atoms with Crippen LogP contribution in [0.1, 0.15) is 31.2 Å². The fraction of sp³-hybridized carbons (Fsp3) is 0.500. The van der Waals surface area contributed by atoms with Crippen LogP contribution in [0.5, 0.6) is 0 Å². The molecule has 20 heavy (non-hydrogen) atoms. The minimum Gasteiger partial charge on any atom is -0.480 e. The van der Waals surface area contributed by atoms with Gasteiger partial charge in [-0.3, -0.25) is 4.79 Å². The van der Waals surface area contributed by atoms with E-state index in [0.717, 1.165) is 30.4 Å². The number of benzene rings is 1. The first kappa shape index (κ1) is 13.9. The van der Waals surface area contributed by atoms with Crippen molar-refractivity contribution in [2.75, 3.05) is 0 Å². The van der Waals surface area contributed by atoms with E-state index in [0.29, 0.717) is 10.9 Å². The van der Waals surface area contributed by atoms with E-state index in [1.807, 2.05) is 31.2 Å². The Bertz CT molecular complexity index is 559. The molecule has 3 unspecified atom stereocenters. The largest absolute Gasteiger partial charge is 0.480 e. The summed E-state index contributed by atoms with van der Waals surface area (Å²) in [6.07, 6.45) is 2.06. The van der Waals surface area contributed by atoms with Crippen LogP contribution >= 0.6 is 23.5 Å². The number of hydrogen-bond acceptors (Lipinski definition) is 4. The van der Waals surface area contributed by atoms with E-state index in [1.165, 1.54) is 0 Å². The summed E-state index contributed by atoms with van der Waals surface area (Å²) in [5.74, 6) is -0.507. The second-order valence-electron chi connectivity index (χ2n) is 5.44. The highest BCUT2D eigenvalue weighted by molar-refractivity contribution is 7.99. The molecular formula is C14H15ClN2O2S. The first-order valence-electron chi connectivity index (χ1n) is 6.62. The molecule has 4 nitrogen and oxygen atoms in total. The van der Waals surface area contributed by atoms with E-state index in [1.54, 1.807) is 0 Å². The van der Waals surface area contributed by atoms with Gasteiger partial charge in [-0.2, -0.15) is 5.11 Å². The Labute approximate surface area is 126 Å². The van der Waals surface area contributed by atoms with Crippen LogP contribution in [0.25, 0.3) is 0 Å². The maximum absolute atomic E-state index is 11.6. The second-order valence-corrected chi connectivity index (χ2v) is 6.72. The van der Waals surface area contributed by atoms with Crippen LogP contribution < -0.4 is 0 Å². The van der Waals surface area contributed by atoms with Crippen LogP contribution in [-0.2, 0) is 4.79 Å². The summed E-state index contributed by atoms with van der Waals surface area (Å²) in [4.78, 5) is 11.6. The molecule has 1 aliphatic carbocycles. The van der Waals surface area contributed by atoms with Gasteiger partial charge in [-0.1, -0.05) is 30.7 Å². The van der Waals surface area contributed by atoms with Gasteiger partial charge < -0.3 is 5.11 Å². The molecule has 1 heterocycles. The minimum absolute atomic E-state index is 0.00659. The lowest BCUT2D eigenvalue weighted by Gasteiger charge is -2.34. The van der Waals surface area contributed by atoms with Crippen molar-refractivity contribution in [3.8, 4) is 0 Å². The minimum atomic E-state index is -0.826. The summed E-state index contributed by atoms with van der Waals surface area (Å²) in [6.45, 7) is 2.04. The molecule has 0 spiro atoms. The van der Waals surface area contributed by atoms with Gasteiger partial charge in [0.15, 0.2) is 5.25 Å². The van der Waals surface area contributed by atoms with Crippen LogP contribution in [-0.4, -0.2) is 21.9 Å². The number of nitrogens with zero attached hydrogens (tertiary/aromatic N) is 2. The van der Waals surface area contributed by atoms with Gasteiger partial charge in [0.25, 0.3) is 0 Å². The predicted octanol–water partition coefficient (Wildman–Crippen LogP) is 4.16. The maximum atomic E-state index is 11.6. The van der Waals surface area contributed by atoms with E-state index in [-0.39, 0.29) is 5.92 Å². The average Bonchev–Trinajstić information content (AvgIpc) is 3.18. The number of hydrogen-bond donors (Lipinski definition) is 1. The smallest absolute Gasteiger partial charge is 0.321 e. The fourth-order valence-corrected chi connectivity index (χ4v) is 4.16. The van der Waals surface area contributed by atoms with Crippen LogP contribution in [0.4, 0.5) is 0 Å². The third-order valence-corrected chi connectivity index (χ3v) is 5.52. The molecule has 3 rings (SSSR count). The molecule has 1 aromatic rings. The van der Waals surface area contributed by atoms with Crippen LogP contribution in [0.2, 0.25) is 5.02 Å². The van der Waals surface area contributed by atoms with E-state index in [4.69, 9.17) is 11.6 Å². The van der Waals surface area contributed by atoms with Crippen molar-refractivity contribution in [1.82, 2.24) is 0 Å². The van der Waals surface area contributed by atoms with Gasteiger partial charge >= 0.3 is 5.97 Å². The monoisotopic (exact) mass is 310 g/mol. The lowest BCUT2D eigenvalue weighted by molar-refractivity contribution is -0.138. The highest BCUT2D eigenvalue weighted by Gasteiger charge is 2.60. The van der Waals surface area contributed by atoms with E-state index in [9.17, 15) is 9.90 Å². The van der Waals surface area contributed by atoms with Gasteiger partial charge in [-0.05, 0) is 36.5 Å². The fourth-order valence-electron chi connectivity index (χ4n) is 3.05. The van der Waals surface area contributed by atoms with Gasteiger partial charge in [0, 0.05) is 22.9 Å². The Morgan fingerprint density at radius 3 is 2.65 bits per heavy atom. The first-order valence-corrected chi connectivity index (χ1v) is 7.83. The van der Waals surface area contributed by atoms with Gasteiger partial charge in [0.2, 0.25) is 0 Å². The van der Waals surface area contributed by atoms with Gasteiger partial charge in [0.05, 0.1) is 0 Å². The molecule has 1 fully saturated rings. The van der Waals surface area contributed by atoms with E-state index < -0.39 is 16.8 Å². The molecule has 0 radical (unpaired) electrons. The van der Waals surface area contributed by atoms with Gasteiger partial charge in [-0.15, -0.1) is 4.52 Å². The molecule has 0 bridgehead atoms. The topological polar surface area (TPSA) is 62.0 Å². The van der Waals surface area contributed by atoms with Gasteiger partial charge in [0.1, 0.15) is 5.54 Å². The lowest BCUT2D eigenvalue weighted by atomic mass is 9.75. The molecule has 0 aromatic heterocycles. The van der Waals surface area contributed by atoms with Crippen molar-refractivity contribution in [2.24, 2.45) is 15.6 Å². The number of halogens is 1. The number of carboxylic acids is 1. The van der Waals surface area contributed by atoms with Crippen molar-refractivity contribution in [3.05, 3.63) is 34.9 Å². The van der Waals surface area contributed by atoms with Crippen molar-refractivity contribution in [1.29, 1.82) is 0 Å².